The lowest BCUT2D eigenvalue weighted by Crippen LogP contribution is -2.42. The van der Waals surface area contributed by atoms with E-state index in [0.29, 0.717) is 17.8 Å². The van der Waals surface area contributed by atoms with Gasteiger partial charge in [0.05, 0.1) is 6.61 Å². The summed E-state index contributed by atoms with van der Waals surface area (Å²) in [6.45, 7) is 2.41. The fourth-order valence-electron chi connectivity index (χ4n) is 2.66. The molecule has 2 aromatic heterocycles. The van der Waals surface area contributed by atoms with E-state index in [-0.39, 0.29) is 36.0 Å². The number of fused-ring (bicyclic) bond motifs is 1. The zero-order valence-corrected chi connectivity index (χ0v) is 14.1. The molecule has 10 nitrogen and oxygen atoms in total. The van der Waals surface area contributed by atoms with Gasteiger partial charge in [0.25, 0.3) is 0 Å². The molecule has 0 amide bonds. The van der Waals surface area contributed by atoms with Crippen LogP contribution < -0.4 is 0 Å². The molecule has 1 saturated heterocycles. The van der Waals surface area contributed by atoms with Crippen LogP contribution in [0, 0.1) is 0 Å². The molecular weight excluding hydrogens is 350 g/mol. The molecule has 1 aliphatic rings. The summed E-state index contributed by atoms with van der Waals surface area (Å²) in [5.74, 6) is 0.759. The van der Waals surface area contributed by atoms with Crippen molar-refractivity contribution in [1.82, 2.24) is 24.8 Å². The second-order valence-corrected chi connectivity index (χ2v) is 7.40. The van der Waals surface area contributed by atoms with Crippen LogP contribution >= 0.6 is 0 Å². The highest BCUT2D eigenvalue weighted by molar-refractivity contribution is 7.89. The van der Waals surface area contributed by atoms with Gasteiger partial charge in [-0.1, -0.05) is 13.0 Å². The molecule has 0 spiro atoms. The summed E-state index contributed by atoms with van der Waals surface area (Å²) >= 11 is 0. The van der Waals surface area contributed by atoms with E-state index in [0.717, 1.165) is 0 Å². The molecule has 1 aliphatic heterocycles. The van der Waals surface area contributed by atoms with Crippen LogP contribution in [0.4, 0.5) is 0 Å². The maximum atomic E-state index is 13.0. The minimum atomic E-state index is -3.80. The Balaban J connectivity index is 1.65. The SMILES string of the molecule is CCc1nnc([C@@H]2CN(S(=O)(=O)c3cccc4nonc34)CCO2)o1. The van der Waals surface area contributed by atoms with E-state index in [9.17, 15) is 8.42 Å². The van der Waals surface area contributed by atoms with Gasteiger partial charge in [-0.2, -0.15) is 4.31 Å². The van der Waals surface area contributed by atoms with Crippen LogP contribution in [0.5, 0.6) is 0 Å². The lowest BCUT2D eigenvalue weighted by molar-refractivity contribution is -0.0177. The van der Waals surface area contributed by atoms with Crippen LogP contribution in [0.1, 0.15) is 24.8 Å². The van der Waals surface area contributed by atoms with E-state index in [1.54, 1.807) is 12.1 Å². The number of ether oxygens (including phenoxy) is 1. The first-order chi connectivity index (χ1) is 12.1. The Kier molecular flexibility index (Phi) is 3.98. The van der Waals surface area contributed by atoms with E-state index in [2.05, 4.69) is 25.1 Å². The zero-order valence-electron chi connectivity index (χ0n) is 13.3. The lowest BCUT2D eigenvalue weighted by Gasteiger charge is -2.30. The van der Waals surface area contributed by atoms with E-state index < -0.39 is 16.1 Å². The molecule has 132 valence electrons. The van der Waals surface area contributed by atoms with Gasteiger partial charge < -0.3 is 9.15 Å². The average molecular weight is 365 g/mol. The minimum Gasteiger partial charge on any atom is -0.422 e. The third-order valence-corrected chi connectivity index (χ3v) is 5.85. The number of aryl methyl sites for hydroxylation is 1. The zero-order chi connectivity index (χ0) is 17.4. The fraction of sp³-hybridized carbons (Fsp3) is 0.429. The predicted octanol–water partition coefficient (Wildman–Crippen LogP) is 0.930. The van der Waals surface area contributed by atoms with E-state index in [1.165, 1.54) is 10.4 Å². The van der Waals surface area contributed by atoms with Gasteiger partial charge in [-0.05, 0) is 22.4 Å². The Morgan fingerprint density at radius 3 is 2.96 bits per heavy atom. The van der Waals surface area contributed by atoms with Gasteiger partial charge in [-0.25, -0.2) is 13.0 Å². The standard InChI is InChI=1S/C14H15N5O5S/c1-2-12-15-16-14(23-12)10-8-19(6-7-22-10)25(20,21)11-5-3-4-9-13(11)18-24-17-9/h3-5,10H,2,6-8H2,1H3/t10-/m0/s1. The number of sulfonamides is 1. The van der Waals surface area contributed by atoms with Crippen LogP contribution in [-0.2, 0) is 21.2 Å². The lowest BCUT2D eigenvalue weighted by atomic mass is 10.3. The predicted molar refractivity (Wildman–Crippen MR) is 82.9 cm³/mol. The first-order valence-corrected chi connectivity index (χ1v) is 9.19. The monoisotopic (exact) mass is 365 g/mol. The van der Waals surface area contributed by atoms with Crippen molar-refractivity contribution in [2.75, 3.05) is 19.7 Å². The number of nitrogens with zero attached hydrogens (tertiary/aromatic N) is 5. The Hall–Kier alpha value is -2.37. The quantitative estimate of drug-likeness (QED) is 0.664. The van der Waals surface area contributed by atoms with Crippen LogP contribution in [0.15, 0.2) is 32.1 Å². The van der Waals surface area contributed by atoms with Crippen molar-refractivity contribution in [3.8, 4) is 0 Å². The molecule has 0 unspecified atom stereocenters. The number of morpholine rings is 1. The van der Waals surface area contributed by atoms with Gasteiger partial charge in [-0.3, -0.25) is 0 Å². The van der Waals surface area contributed by atoms with Gasteiger partial charge in [0.15, 0.2) is 5.52 Å². The molecule has 1 aromatic carbocycles. The summed E-state index contributed by atoms with van der Waals surface area (Å²) < 4.78 is 43.1. The van der Waals surface area contributed by atoms with Crippen LogP contribution in [-0.4, -0.2) is 52.9 Å². The second-order valence-electron chi connectivity index (χ2n) is 5.50. The molecule has 0 radical (unpaired) electrons. The van der Waals surface area contributed by atoms with Gasteiger partial charge in [0, 0.05) is 19.5 Å². The summed E-state index contributed by atoms with van der Waals surface area (Å²) in [7, 11) is -3.80. The smallest absolute Gasteiger partial charge is 0.246 e. The Morgan fingerprint density at radius 1 is 1.28 bits per heavy atom. The van der Waals surface area contributed by atoms with Crippen molar-refractivity contribution in [3.63, 3.8) is 0 Å². The molecule has 1 fully saturated rings. The van der Waals surface area contributed by atoms with Gasteiger partial charge in [-0.15, -0.1) is 10.2 Å². The summed E-state index contributed by atoms with van der Waals surface area (Å²) in [6.07, 6.45) is -0.00550. The highest BCUT2D eigenvalue weighted by atomic mass is 32.2. The van der Waals surface area contributed by atoms with E-state index in [4.69, 9.17) is 9.15 Å². The fourth-order valence-corrected chi connectivity index (χ4v) is 4.22. The first-order valence-electron chi connectivity index (χ1n) is 7.75. The van der Waals surface area contributed by atoms with Crippen molar-refractivity contribution < 1.29 is 22.2 Å². The number of hydrogen-bond acceptors (Lipinski definition) is 9. The third kappa shape index (κ3) is 2.79. The van der Waals surface area contributed by atoms with Crippen LogP contribution in [0.2, 0.25) is 0 Å². The molecule has 3 heterocycles. The largest absolute Gasteiger partial charge is 0.422 e. The molecule has 0 N–H and O–H groups in total. The number of aromatic nitrogens is 4. The topological polar surface area (TPSA) is 124 Å². The Labute approximate surface area is 142 Å². The highest BCUT2D eigenvalue weighted by Crippen LogP contribution is 2.28. The van der Waals surface area contributed by atoms with Gasteiger partial charge in [0.1, 0.15) is 16.5 Å². The third-order valence-electron chi connectivity index (χ3n) is 3.96. The summed E-state index contributed by atoms with van der Waals surface area (Å²) in [5.41, 5.74) is 0.590. The van der Waals surface area contributed by atoms with Crippen LogP contribution in [0.3, 0.4) is 0 Å². The van der Waals surface area contributed by atoms with Crippen molar-refractivity contribution in [3.05, 3.63) is 30.0 Å². The Morgan fingerprint density at radius 2 is 2.16 bits per heavy atom. The van der Waals surface area contributed by atoms with E-state index in [1.807, 2.05) is 6.92 Å². The summed E-state index contributed by atoms with van der Waals surface area (Å²) in [5, 5.41) is 15.2. The van der Waals surface area contributed by atoms with Gasteiger partial charge >= 0.3 is 0 Å². The number of rotatable bonds is 4. The van der Waals surface area contributed by atoms with Crippen molar-refractivity contribution in [2.45, 2.75) is 24.3 Å². The molecule has 3 aromatic rings. The van der Waals surface area contributed by atoms with Gasteiger partial charge in [0.2, 0.25) is 21.8 Å². The van der Waals surface area contributed by atoms with Crippen molar-refractivity contribution in [2.24, 2.45) is 0 Å². The van der Waals surface area contributed by atoms with E-state index >= 15 is 0 Å². The minimum absolute atomic E-state index is 0.0478. The summed E-state index contributed by atoms with van der Waals surface area (Å²) in [6, 6.07) is 4.72. The molecule has 0 saturated carbocycles. The molecule has 25 heavy (non-hydrogen) atoms. The van der Waals surface area contributed by atoms with Crippen LogP contribution in [0.25, 0.3) is 11.0 Å². The maximum Gasteiger partial charge on any atom is 0.246 e. The molecular formula is C14H15N5O5S. The maximum absolute atomic E-state index is 13.0. The average Bonchev–Trinajstić information content (AvgIpc) is 3.30. The number of benzene rings is 1. The van der Waals surface area contributed by atoms with Crippen molar-refractivity contribution in [1.29, 1.82) is 0 Å². The summed E-state index contributed by atoms with van der Waals surface area (Å²) in [4.78, 5) is 0.0478. The number of hydrogen-bond donors (Lipinski definition) is 0. The first kappa shape index (κ1) is 16.1. The molecule has 4 rings (SSSR count). The molecule has 11 heteroatoms. The molecule has 1 atom stereocenters. The normalized spacial score (nSPS) is 19.5. The highest BCUT2D eigenvalue weighted by Gasteiger charge is 2.35. The molecule has 0 bridgehead atoms. The molecule has 0 aliphatic carbocycles. The second kappa shape index (κ2) is 6.17. The Bertz CT molecular complexity index is 998. The van der Waals surface area contributed by atoms with Crippen molar-refractivity contribution >= 4 is 21.1 Å².